The van der Waals surface area contributed by atoms with Crippen LogP contribution in [0.25, 0.3) is 5.69 Å². The van der Waals surface area contributed by atoms with E-state index in [1.54, 1.807) is 4.68 Å². The van der Waals surface area contributed by atoms with E-state index in [1.807, 2.05) is 49.4 Å². The third kappa shape index (κ3) is 4.29. The summed E-state index contributed by atoms with van der Waals surface area (Å²) in [4.78, 5) is 12.3. The largest absolute Gasteiger partial charge is 0.325 e. The van der Waals surface area contributed by atoms with Crippen molar-refractivity contribution in [2.75, 3.05) is 11.1 Å². The molecule has 134 valence electrons. The van der Waals surface area contributed by atoms with Crippen molar-refractivity contribution in [1.82, 2.24) is 20.2 Å². The van der Waals surface area contributed by atoms with Gasteiger partial charge in [-0.05, 0) is 52.6 Å². The Morgan fingerprint density at radius 2 is 2.00 bits per heavy atom. The van der Waals surface area contributed by atoms with Gasteiger partial charge < -0.3 is 5.32 Å². The second-order valence-corrected chi connectivity index (χ2v) is 7.22. The minimum atomic E-state index is -0.0877. The number of benzene rings is 2. The normalized spacial score (nSPS) is 10.9. The van der Waals surface area contributed by atoms with Crippen molar-refractivity contribution in [2.45, 2.75) is 31.8 Å². The molecule has 1 N–H and O–H groups in total. The fraction of sp³-hybridized carbons (Fsp3) is 0.263. The van der Waals surface area contributed by atoms with Gasteiger partial charge in [-0.15, -0.1) is 5.10 Å². The number of hydrogen-bond acceptors (Lipinski definition) is 5. The Kier molecular flexibility index (Phi) is 5.68. The van der Waals surface area contributed by atoms with Crippen molar-refractivity contribution < 1.29 is 4.79 Å². The molecule has 0 aliphatic rings. The van der Waals surface area contributed by atoms with Gasteiger partial charge in [0.15, 0.2) is 0 Å². The molecule has 0 fully saturated rings. The van der Waals surface area contributed by atoms with Crippen molar-refractivity contribution in [3.05, 3.63) is 59.7 Å². The molecule has 0 radical (unpaired) electrons. The SMILES string of the molecule is Cc1ccccc1-n1nnnc1SCC(=O)Nc1cccc(C(C)C)c1. The van der Waals surface area contributed by atoms with Crippen molar-refractivity contribution in [3.63, 3.8) is 0 Å². The number of amides is 1. The second-order valence-electron chi connectivity index (χ2n) is 6.28. The van der Waals surface area contributed by atoms with Gasteiger partial charge in [-0.1, -0.05) is 55.9 Å². The number of nitrogens with zero attached hydrogens (tertiary/aromatic N) is 4. The lowest BCUT2D eigenvalue weighted by molar-refractivity contribution is -0.113. The highest BCUT2D eigenvalue weighted by Crippen LogP contribution is 2.22. The van der Waals surface area contributed by atoms with Crippen LogP contribution in [0.15, 0.2) is 53.7 Å². The van der Waals surface area contributed by atoms with Crippen LogP contribution in [0.1, 0.15) is 30.9 Å². The van der Waals surface area contributed by atoms with Crippen LogP contribution in [0.4, 0.5) is 5.69 Å². The van der Waals surface area contributed by atoms with E-state index in [2.05, 4.69) is 40.8 Å². The van der Waals surface area contributed by atoms with E-state index >= 15 is 0 Å². The summed E-state index contributed by atoms with van der Waals surface area (Å²) in [6.07, 6.45) is 0. The predicted octanol–water partition coefficient (Wildman–Crippen LogP) is 3.82. The fourth-order valence-corrected chi connectivity index (χ4v) is 3.21. The minimum Gasteiger partial charge on any atom is -0.325 e. The monoisotopic (exact) mass is 367 g/mol. The van der Waals surface area contributed by atoms with E-state index in [9.17, 15) is 4.79 Å². The lowest BCUT2D eigenvalue weighted by atomic mass is 10.0. The quantitative estimate of drug-likeness (QED) is 0.671. The Morgan fingerprint density at radius 1 is 1.19 bits per heavy atom. The zero-order valence-electron chi connectivity index (χ0n) is 15.0. The second kappa shape index (κ2) is 8.14. The Labute approximate surface area is 157 Å². The van der Waals surface area contributed by atoms with Gasteiger partial charge in [-0.3, -0.25) is 4.79 Å². The number of aryl methyl sites for hydroxylation is 1. The fourth-order valence-electron chi connectivity index (χ4n) is 2.52. The third-order valence-corrected chi connectivity index (χ3v) is 4.87. The molecule has 3 aromatic rings. The molecule has 26 heavy (non-hydrogen) atoms. The van der Waals surface area contributed by atoms with Crippen LogP contribution < -0.4 is 5.32 Å². The molecule has 0 saturated heterocycles. The molecular weight excluding hydrogens is 346 g/mol. The first-order chi connectivity index (χ1) is 12.5. The van der Waals surface area contributed by atoms with Crippen molar-refractivity contribution in [1.29, 1.82) is 0 Å². The molecule has 6 nitrogen and oxygen atoms in total. The summed E-state index contributed by atoms with van der Waals surface area (Å²) in [5.41, 5.74) is 3.97. The first-order valence-corrected chi connectivity index (χ1v) is 9.40. The van der Waals surface area contributed by atoms with Crippen LogP contribution in [0, 0.1) is 6.92 Å². The molecule has 0 spiro atoms. The van der Waals surface area contributed by atoms with Gasteiger partial charge in [-0.25, -0.2) is 0 Å². The molecule has 0 aliphatic carbocycles. The van der Waals surface area contributed by atoms with Gasteiger partial charge in [0.05, 0.1) is 11.4 Å². The van der Waals surface area contributed by atoms with E-state index in [-0.39, 0.29) is 11.7 Å². The molecule has 1 heterocycles. The molecule has 3 rings (SSSR count). The molecule has 0 atom stereocenters. The van der Waals surface area contributed by atoms with Crippen LogP contribution in [0.5, 0.6) is 0 Å². The highest BCUT2D eigenvalue weighted by Gasteiger charge is 2.13. The van der Waals surface area contributed by atoms with Crippen molar-refractivity contribution in [3.8, 4) is 5.69 Å². The number of hydrogen-bond donors (Lipinski definition) is 1. The van der Waals surface area contributed by atoms with Crippen molar-refractivity contribution >= 4 is 23.4 Å². The zero-order valence-corrected chi connectivity index (χ0v) is 15.8. The number of nitrogens with one attached hydrogen (secondary N) is 1. The maximum atomic E-state index is 12.3. The van der Waals surface area contributed by atoms with Gasteiger partial charge >= 0.3 is 0 Å². The summed E-state index contributed by atoms with van der Waals surface area (Å²) >= 11 is 1.31. The van der Waals surface area contributed by atoms with Crippen LogP contribution in [-0.4, -0.2) is 31.9 Å². The molecule has 2 aromatic carbocycles. The zero-order chi connectivity index (χ0) is 18.5. The molecule has 7 heteroatoms. The van der Waals surface area contributed by atoms with Crippen LogP contribution >= 0.6 is 11.8 Å². The Bertz CT molecular complexity index is 906. The summed E-state index contributed by atoms with van der Waals surface area (Å²) in [5, 5.41) is 15.3. The van der Waals surface area contributed by atoms with Gasteiger partial charge in [0.25, 0.3) is 0 Å². The average molecular weight is 367 g/mol. The van der Waals surface area contributed by atoms with E-state index in [0.717, 1.165) is 16.9 Å². The number of para-hydroxylation sites is 1. The van der Waals surface area contributed by atoms with Gasteiger partial charge in [-0.2, -0.15) is 4.68 Å². The average Bonchev–Trinajstić information content (AvgIpc) is 3.09. The van der Waals surface area contributed by atoms with E-state index in [1.165, 1.54) is 17.3 Å². The summed E-state index contributed by atoms with van der Waals surface area (Å²) in [6.45, 7) is 6.25. The van der Waals surface area contributed by atoms with Crippen LogP contribution in [0.3, 0.4) is 0 Å². The van der Waals surface area contributed by atoms with E-state index in [0.29, 0.717) is 11.1 Å². The first-order valence-electron chi connectivity index (χ1n) is 8.41. The molecule has 0 aliphatic heterocycles. The number of anilines is 1. The standard InChI is InChI=1S/C19H21N5OS/c1-13(2)15-8-6-9-16(11-15)20-18(25)12-26-19-21-22-23-24(19)17-10-5-4-7-14(17)3/h4-11,13H,12H2,1-3H3,(H,20,25). The minimum absolute atomic E-state index is 0.0877. The lowest BCUT2D eigenvalue weighted by Gasteiger charge is -2.10. The predicted molar refractivity (Wildman–Crippen MR) is 104 cm³/mol. The molecule has 0 saturated carbocycles. The van der Waals surface area contributed by atoms with Crippen molar-refractivity contribution in [2.24, 2.45) is 0 Å². The Hall–Kier alpha value is -2.67. The smallest absolute Gasteiger partial charge is 0.234 e. The van der Waals surface area contributed by atoms with Crippen LogP contribution in [-0.2, 0) is 4.79 Å². The van der Waals surface area contributed by atoms with E-state index in [4.69, 9.17) is 0 Å². The molecule has 0 unspecified atom stereocenters. The van der Waals surface area contributed by atoms with Gasteiger partial charge in [0, 0.05) is 5.69 Å². The maximum absolute atomic E-state index is 12.3. The lowest BCUT2D eigenvalue weighted by Crippen LogP contribution is -2.15. The summed E-state index contributed by atoms with van der Waals surface area (Å²) in [7, 11) is 0. The topological polar surface area (TPSA) is 72.7 Å². The first kappa shape index (κ1) is 18.1. The van der Waals surface area contributed by atoms with E-state index < -0.39 is 0 Å². The van der Waals surface area contributed by atoms with Crippen LogP contribution in [0.2, 0.25) is 0 Å². The molecular formula is C19H21N5OS. The number of rotatable bonds is 6. The molecule has 1 aromatic heterocycles. The Morgan fingerprint density at radius 3 is 2.77 bits per heavy atom. The number of tetrazole rings is 1. The number of aromatic nitrogens is 4. The highest BCUT2D eigenvalue weighted by molar-refractivity contribution is 7.99. The van der Waals surface area contributed by atoms with Gasteiger partial charge in [0.2, 0.25) is 11.1 Å². The summed E-state index contributed by atoms with van der Waals surface area (Å²) < 4.78 is 1.66. The number of thioether (sulfide) groups is 1. The van der Waals surface area contributed by atoms with Gasteiger partial charge in [0.1, 0.15) is 0 Å². The maximum Gasteiger partial charge on any atom is 0.234 e. The number of carbonyl (C=O) groups is 1. The summed E-state index contributed by atoms with van der Waals surface area (Å²) in [6, 6.07) is 15.8. The molecule has 0 bridgehead atoms. The highest BCUT2D eigenvalue weighted by atomic mass is 32.2. The summed E-state index contributed by atoms with van der Waals surface area (Å²) in [5.74, 6) is 0.563. The third-order valence-electron chi connectivity index (χ3n) is 3.95. The number of carbonyl (C=O) groups excluding carboxylic acids is 1. The Balaban J connectivity index is 1.65. The molecule has 1 amide bonds.